The van der Waals surface area contributed by atoms with Crippen molar-refractivity contribution in [1.29, 1.82) is 0 Å². The molecule has 0 spiro atoms. The predicted molar refractivity (Wildman–Crippen MR) is 90.3 cm³/mol. The molecular formula is C18H23N3O4. The van der Waals surface area contributed by atoms with Gasteiger partial charge in [-0.05, 0) is 49.9 Å². The minimum Gasteiger partial charge on any atom is -0.482 e. The fourth-order valence-electron chi connectivity index (χ4n) is 3.23. The zero-order valence-corrected chi connectivity index (χ0v) is 14.4. The van der Waals surface area contributed by atoms with E-state index in [-0.39, 0.29) is 6.61 Å². The van der Waals surface area contributed by atoms with Gasteiger partial charge in [0.15, 0.2) is 12.4 Å². The van der Waals surface area contributed by atoms with E-state index in [9.17, 15) is 4.79 Å². The standard InChI is InChI=1S/C18H23N3O4/c1-13-19-17(25-20-13)9-15-3-2-8-21(11-15)10-14-4-6-16(7-5-14)24-12-18(22)23/h4-7,15H,2-3,8-12H2,1H3,(H,22,23). The Hall–Kier alpha value is -2.41. The van der Waals surface area contributed by atoms with Crippen molar-refractivity contribution in [3.63, 3.8) is 0 Å². The highest BCUT2D eigenvalue weighted by Crippen LogP contribution is 2.22. The maximum Gasteiger partial charge on any atom is 0.341 e. The van der Waals surface area contributed by atoms with Crippen LogP contribution in [0.15, 0.2) is 28.8 Å². The molecule has 1 N–H and O–H groups in total. The van der Waals surface area contributed by atoms with E-state index in [4.69, 9.17) is 14.4 Å². The molecule has 3 rings (SSSR count). The second-order valence-electron chi connectivity index (χ2n) is 6.51. The van der Waals surface area contributed by atoms with Gasteiger partial charge in [-0.15, -0.1) is 0 Å². The van der Waals surface area contributed by atoms with E-state index in [0.717, 1.165) is 38.4 Å². The van der Waals surface area contributed by atoms with Gasteiger partial charge in [0, 0.05) is 19.5 Å². The third-order valence-electron chi connectivity index (χ3n) is 4.33. The molecule has 1 unspecified atom stereocenters. The van der Waals surface area contributed by atoms with E-state index >= 15 is 0 Å². The van der Waals surface area contributed by atoms with Crippen molar-refractivity contribution < 1.29 is 19.2 Å². The van der Waals surface area contributed by atoms with Gasteiger partial charge in [0.2, 0.25) is 5.89 Å². The smallest absolute Gasteiger partial charge is 0.341 e. The Labute approximate surface area is 146 Å². The van der Waals surface area contributed by atoms with Crippen LogP contribution in [-0.2, 0) is 17.8 Å². The Morgan fingerprint density at radius 2 is 2.20 bits per heavy atom. The zero-order chi connectivity index (χ0) is 17.6. The van der Waals surface area contributed by atoms with Crippen LogP contribution in [0.5, 0.6) is 5.75 Å². The van der Waals surface area contributed by atoms with Gasteiger partial charge < -0.3 is 14.4 Å². The molecule has 7 nitrogen and oxygen atoms in total. The van der Waals surface area contributed by atoms with Gasteiger partial charge in [0.1, 0.15) is 5.75 Å². The number of rotatable bonds is 7. The van der Waals surface area contributed by atoms with Crippen molar-refractivity contribution in [1.82, 2.24) is 15.0 Å². The lowest BCUT2D eigenvalue weighted by atomic mass is 9.94. The molecule has 134 valence electrons. The predicted octanol–water partition coefficient (Wildman–Crippen LogP) is 2.30. The lowest BCUT2D eigenvalue weighted by Gasteiger charge is -2.32. The van der Waals surface area contributed by atoms with Crippen LogP contribution in [0.2, 0.25) is 0 Å². The summed E-state index contributed by atoms with van der Waals surface area (Å²) < 4.78 is 10.4. The Morgan fingerprint density at radius 3 is 2.88 bits per heavy atom. The largest absolute Gasteiger partial charge is 0.482 e. The lowest BCUT2D eigenvalue weighted by Crippen LogP contribution is -2.35. The Bertz CT molecular complexity index is 699. The Balaban J connectivity index is 1.51. The highest BCUT2D eigenvalue weighted by molar-refractivity contribution is 5.68. The van der Waals surface area contributed by atoms with Gasteiger partial charge in [-0.3, -0.25) is 4.90 Å². The SMILES string of the molecule is Cc1noc(CC2CCCN(Cc3ccc(OCC(=O)O)cc3)C2)n1. The number of carboxylic acid groups (broad SMARTS) is 1. The van der Waals surface area contributed by atoms with Crippen LogP contribution in [0, 0.1) is 12.8 Å². The van der Waals surface area contributed by atoms with Crippen LogP contribution in [0.25, 0.3) is 0 Å². The van der Waals surface area contributed by atoms with Crippen LogP contribution >= 0.6 is 0 Å². The number of benzene rings is 1. The molecule has 25 heavy (non-hydrogen) atoms. The fourth-order valence-corrected chi connectivity index (χ4v) is 3.23. The molecule has 2 heterocycles. The van der Waals surface area contributed by atoms with Crippen molar-refractivity contribution in [2.75, 3.05) is 19.7 Å². The number of hydrogen-bond acceptors (Lipinski definition) is 6. The number of ether oxygens (including phenoxy) is 1. The van der Waals surface area contributed by atoms with E-state index in [0.29, 0.717) is 17.5 Å². The molecule has 1 fully saturated rings. The summed E-state index contributed by atoms with van der Waals surface area (Å²) in [5.74, 6) is 1.55. The van der Waals surface area contributed by atoms with Crippen LogP contribution in [0.4, 0.5) is 0 Å². The first-order valence-corrected chi connectivity index (χ1v) is 8.53. The summed E-state index contributed by atoms with van der Waals surface area (Å²) >= 11 is 0. The molecule has 0 amide bonds. The van der Waals surface area contributed by atoms with Crippen molar-refractivity contribution in [3.8, 4) is 5.75 Å². The van der Waals surface area contributed by atoms with Gasteiger partial charge in [-0.25, -0.2) is 4.79 Å². The number of nitrogens with zero attached hydrogens (tertiary/aromatic N) is 3. The summed E-state index contributed by atoms with van der Waals surface area (Å²) in [4.78, 5) is 17.3. The van der Waals surface area contributed by atoms with E-state index < -0.39 is 5.97 Å². The third-order valence-corrected chi connectivity index (χ3v) is 4.33. The molecule has 1 atom stereocenters. The average molecular weight is 345 g/mol. The Kier molecular flexibility index (Phi) is 5.65. The van der Waals surface area contributed by atoms with E-state index in [1.807, 2.05) is 31.2 Å². The molecular weight excluding hydrogens is 322 g/mol. The Morgan fingerprint density at radius 1 is 1.40 bits per heavy atom. The number of aromatic nitrogens is 2. The highest BCUT2D eigenvalue weighted by Gasteiger charge is 2.22. The van der Waals surface area contributed by atoms with Crippen molar-refractivity contribution in [3.05, 3.63) is 41.5 Å². The molecule has 1 aromatic heterocycles. The summed E-state index contributed by atoms with van der Waals surface area (Å²) in [6.07, 6.45) is 3.18. The average Bonchev–Trinajstić information content (AvgIpc) is 2.99. The molecule has 1 aromatic carbocycles. The topological polar surface area (TPSA) is 88.7 Å². The number of aliphatic carboxylic acids is 1. The first-order valence-electron chi connectivity index (χ1n) is 8.53. The molecule has 1 aliphatic heterocycles. The fraction of sp³-hybridized carbons (Fsp3) is 0.500. The van der Waals surface area contributed by atoms with Crippen LogP contribution in [0.3, 0.4) is 0 Å². The molecule has 0 bridgehead atoms. The highest BCUT2D eigenvalue weighted by atomic mass is 16.5. The van der Waals surface area contributed by atoms with Gasteiger partial charge in [0.05, 0.1) is 0 Å². The van der Waals surface area contributed by atoms with Gasteiger partial charge >= 0.3 is 5.97 Å². The summed E-state index contributed by atoms with van der Waals surface area (Å²) in [6.45, 7) is 4.49. The van der Waals surface area contributed by atoms with Crippen LogP contribution < -0.4 is 4.74 Å². The molecule has 7 heteroatoms. The monoisotopic (exact) mass is 345 g/mol. The van der Waals surface area contributed by atoms with E-state index in [2.05, 4.69) is 15.0 Å². The zero-order valence-electron chi connectivity index (χ0n) is 14.4. The summed E-state index contributed by atoms with van der Waals surface area (Å²) in [5.41, 5.74) is 1.19. The molecule has 0 radical (unpaired) electrons. The van der Waals surface area contributed by atoms with Crippen molar-refractivity contribution in [2.45, 2.75) is 32.7 Å². The number of hydrogen-bond donors (Lipinski definition) is 1. The summed E-state index contributed by atoms with van der Waals surface area (Å²) in [5, 5.41) is 12.5. The van der Waals surface area contributed by atoms with Gasteiger partial charge in [-0.2, -0.15) is 4.98 Å². The van der Waals surface area contributed by atoms with E-state index in [1.54, 1.807) is 0 Å². The quantitative estimate of drug-likeness (QED) is 0.823. The second-order valence-corrected chi connectivity index (χ2v) is 6.51. The molecule has 2 aromatic rings. The first-order chi connectivity index (χ1) is 12.1. The number of piperidine rings is 1. The van der Waals surface area contributed by atoms with Gasteiger partial charge in [-0.1, -0.05) is 17.3 Å². The minimum atomic E-state index is -0.972. The number of carbonyl (C=O) groups is 1. The summed E-state index contributed by atoms with van der Waals surface area (Å²) in [7, 11) is 0. The normalized spacial score (nSPS) is 18.2. The number of aryl methyl sites for hydroxylation is 1. The van der Waals surface area contributed by atoms with Crippen molar-refractivity contribution >= 4 is 5.97 Å². The maximum atomic E-state index is 10.5. The third kappa shape index (κ3) is 5.29. The van der Waals surface area contributed by atoms with E-state index in [1.165, 1.54) is 12.0 Å². The van der Waals surface area contributed by atoms with Crippen molar-refractivity contribution in [2.24, 2.45) is 5.92 Å². The summed E-state index contributed by atoms with van der Waals surface area (Å²) in [6, 6.07) is 7.62. The van der Waals surface area contributed by atoms with Gasteiger partial charge in [0.25, 0.3) is 0 Å². The molecule has 1 saturated heterocycles. The second kappa shape index (κ2) is 8.11. The lowest BCUT2D eigenvalue weighted by molar-refractivity contribution is -0.139. The first kappa shape index (κ1) is 17.4. The number of likely N-dealkylation sites (tertiary alicyclic amines) is 1. The molecule has 1 aliphatic rings. The maximum absolute atomic E-state index is 10.5. The van der Waals surface area contributed by atoms with Crippen LogP contribution in [-0.4, -0.2) is 45.8 Å². The number of carboxylic acids is 1. The molecule has 0 aliphatic carbocycles. The van der Waals surface area contributed by atoms with Crippen LogP contribution in [0.1, 0.15) is 30.1 Å². The molecule has 0 saturated carbocycles. The minimum absolute atomic E-state index is 0.317.